The lowest BCUT2D eigenvalue weighted by atomic mass is 10.2. The smallest absolute Gasteiger partial charge is 0.344 e. The lowest BCUT2D eigenvalue weighted by Gasteiger charge is -2.08. The van der Waals surface area contributed by atoms with Crippen LogP contribution in [0.3, 0.4) is 0 Å². The summed E-state index contributed by atoms with van der Waals surface area (Å²) in [7, 11) is 1.46. The lowest BCUT2D eigenvalue weighted by molar-refractivity contribution is -0.147. The highest BCUT2D eigenvalue weighted by Crippen LogP contribution is 2.28. The molecule has 0 saturated heterocycles. The van der Waals surface area contributed by atoms with Crippen LogP contribution in [-0.4, -0.2) is 58.7 Å². The number of carboxylic acid groups (broad SMARTS) is 1. The van der Waals surface area contributed by atoms with Crippen LogP contribution in [0.2, 0.25) is 0 Å². The van der Waals surface area contributed by atoms with E-state index < -0.39 is 36.0 Å². The molecule has 182 valence electrons. The maximum atomic E-state index is 14.5. The van der Waals surface area contributed by atoms with Gasteiger partial charge in [-0.2, -0.15) is 4.98 Å². The van der Waals surface area contributed by atoms with Gasteiger partial charge in [0.15, 0.2) is 12.4 Å². The molecular formula is C21H19BrF3N3O6. The van der Waals surface area contributed by atoms with Crippen LogP contribution in [0.25, 0.3) is 17.1 Å². The number of methoxy groups -OCH3 is 1. The second-order valence-electron chi connectivity index (χ2n) is 6.37. The summed E-state index contributed by atoms with van der Waals surface area (Å²) in [6, 6.07) is 6.66. The van der Waals surface area contributed by atoms with E-state index in [1.54, 1.807) is 6.07 Å². The molecular weight excluding hydrogens is 527 g/mol. The molecule has 0 spiro atoms. The summed E-state index contributed by atoms with van der Waals surface area (Å²) in [5.74, 6) is -4.06. The van der Waals surface area contributed by atoms with Crippen LogP contribution in [-0.2, 0) is 19.1 Å². The summed E-state index contributed by atoms with van der Waals surface area (Å²) in [4.78, 5) is 24.7. The third-order valence-electron chi connectivity index (χ3n) is 3.77. The molecule has 34 heavy (non-hydrogen) atoms. The Hall–Kier alpha value is -3.45. The molecule has 0 unspecified atom stereocenters. The van der Waals surface area contributed by atoms with Crippen LogP contribution in [0.4, 0.5) is 13.2 Å². The van der Waals surface area contributed by atoms with Gasteiger partial charge in [-0.25, -0.2) is 22.6 Å². The molecule has 0 amide bonds. The quantitative estimate of drug-likeness (QED) is 0.336. The summed E-state index contributed by atoms with van der Waals surface area (Å²) in [5, 5.41) is 11.4. The Morgan fingerprint density at radius 1 is 1.09 bits per heavy atom. The molecule has 0 aliphatic carbocycles. The van der Waals surface area contributed by atoms with Gasteiger partial charge in [-0.3, -0.25) is 4.79 Å². The van der Waals surface area contributed by atoms with Crippen molar-refractivity contribution in [1.29, 1.82) is 0 Å². The molecule has 3 rings (SSSR count). The molecule has 0 radical (unpaired) electrons. The van der Waals surface area contributed by atoms with E-state index in [0.717, 1.165) is 23.7 Å². The number of aliphatic carboxylic acids is 1. The summed E-state index contributed by atoms with van der Waals surface area (Å²) in [5.41, 5.74) is -0.189. The van der Waals surface area contributed by atoms with Crippen LogP contribution >= 0.6 is 15.9 Å². The van der Waals surface area contributed by atoms with Gasteiger partial charge in [0.2, 0.25) is 0 Å². The fourth-order valence-corrected chi connectivity index (χ4v) is 2.76. The standard InChI is InChI=1S/C19H15BrF3N3O4.C2H4O2/c1-28-6-7-29-17(27)10-30-19-24-18(13-4-3-12(21)9-14(13)22)26(25-19)16-5-2-11(20)8-15(16)23;1-2(3)4/h2-5,8-9H,6-7,10H2,1H3;1H3,(H,3,4). The second kappa shape index (κ2) is 12.7. The third-order valence-corrected chi connectivity index (χ3v) is 4.26. The maximum Gasteiger partial charge on any atom is 0.344 e. The van der Waals surface area contributed by atoms with Crippen molar-refractivity contribution in [3.63, 3.8) is 0 Å². The molecule has 9 nitrogen and oxygen atoms in total. The minimum Gasteiger partial charge on any atom is -0.481 e. The maximum absolute atomic E-state index is 14.5. The topological polar surface area (TPSA) is 113 Å². The minimum absolute atomic E-state index is 0.0384. The van der Waals surface area contributed by atoms with Crippen LogP contribution in [0.5, 0.6) is 6.01 Å². The Labute approximate surface area is 200 Å². The van der Waals surface area contributed by atoms with E-state index in [-0.39, 0.29) is 36.3 Å². The van der Waals surface area contributed by atoms with E-state index in [4.69, 9.17) is 24.1 Å². The Kier molecular flexibility index (Phi) is 10.0. The fourth-order valence-electron chi connectivity index (χ4n) is 2.42. The number of ether oxygens (including phenoxy) is 3. The number of aromatic nitrogens is 3. The number of esters is 1. The average Bonchev–Trinajstić information content (AvgIpc) is 3.15. The van der Waals surface area contributed by atoms with Crippen molar-refractivity contribution in [1.82, 2.24) is 14.8 Å². The van der Waals surface area contributed by atoms with Crippen molar-refractivity contribution in [3.05, 3.63) is 58.3 Å². The Balaban J connectivity index is 0.000000945. The van der Waals surface area contributed by atoms with E-state index in [1.165, 1.54) is 19.2 Å². The number of carboxylic acids is 1. The third kappa shape index (κ3) is 7.85. The van der Waals surface area contributed by atoms with E-state index in [9.17, 15) is 18.0 Å². The van der Waals surface area contributed by atoms with Crippen molar-refractivity contribution in [2.75, 3.05) is 26.9 Å². The number of hydrogen-bond acceptors (Lipinski definition) is 7. The highest BCUT2D eigenvalue weighted by molar-refractivity contribution is 9.10. The lowest BCUT2D eigenvalue weighted by Crippen LogP contribution is -2.17. The number of halogens is 4. The van der Waals surface area contributed by atoms with Gasteiger partial charge in [0.05, 0.1) is 12.2 Å². The second-order valence-corrected chi connectivity index (χ2v) is 7.29. The van der Waals surface area contributed by atoms with Gasteiger partial charge in [-0.15, -0.1) is 5.10 Å². The number of rotatable bonds is 8. The molecule has 0 bridgehead atoms. The van der Waals surface area contributed by atoms with Crippen LogP contribution < -0.4 is 4.74 Å². The molecule has 1 heterocycles. The van der Waals surface area contributed by atoms with Crippen molar-refractivity contribution in [2.24, 2.45) is 0 Å². The molecule has 0 fully saturated rings. The first-order valence-corrected chi connectivity index (χ1v) is 10.3. The Bertz CT molecular complexity index is 1090. The van der Waals surface area contributed by atoms with Crippen LogP contribution in [0.1, 0.15) is 6.92 Å². The zero-order chi connectivity index (χ0) is 25.3. The molecule has 0 aliphatic heterocycles. The Morgan fingerprint density at radius 3 is 2.41 bits per heavy atom. The van der Waals surface area contributed by atoms with Gasteiger partial charge in [-0.1, -0.05) is 15.9 Å². The number of hydrogen-bond donors (Lipinski definition) is 1. The first-order chi connectivity index (χ1) is 16.1. The number of carbonyl (C=O) groups excluding carboxylic acids is 1. The SMILES string of the molecule is CC(=O)O.COCCOC(=O)COc1nc(-c2ccc(F)cc2F)n(-c2ccc(Br)cc2F)n1. The molecule has 13 heteroatoms. The van der Waals surface area contributed by atoms with Gasteiger partial charge in [-0.05, 0) is 30.3 Å². The molecule has 2 aromatic carbocycles. The van der Waals surface area contributed by atoms with Gasteiger partial charge >= 0.3 is 12.0 Å². The molecule has 0 saturated carbocycles. The van der Waals surface area contributed by atoms with Crippen LogP contribution in [0.15, 0.2) is 40.9 Å². The molecule has 3 aromatic rings. The molecule has 0 aliphatic rings. The Morgan fingerprint density at radius 2 is 1.79 bits per heavy atom. The zero-order valence-corrected chi connectivity index (χ0v) is 19.5. The van der Waals surface area contributed by atoms with Crippen molar-refractivity contribution in [2.45, 2.75) is 6.92 Å². The monoisotopic (exact) mass is 545 g/mol. The highest BCUT2D eigenvalue weighted by atomic mass is 79.9. The van der Waals surface area contributed by atoms with Gasteiger partial charge in [0.1, 0.15) is 29.7 Å². The number of nitrogens with zero attached hydrogens (tertiary/aromatic N) is 3. The van der Waals surface area contributed by atoms with E-state index in [0.29, 0.717) is 10.5 Å². The highest BCUT2D eigenvalue weighted by Gasteiger charge is 2.21. The normalized spacial score (nSPS) is 10.3. The summed E-state index contributed by atoms with van der Waals surface area (Å²) >= 11 is 3.15. The van der Waals surface area contributed by atoms with Crippen molar-refractivity contribution < 1.29 is 42.1 Å². The fraction of sp³-hybridized carbons (Fsp3) is 0.238. The summed E-state index contributed by atoms with van der Waals surface area (Å²) in [6.07, 6.45) is 0. The summed E-state index contributed by atoms with van der Waals surface area (Å²) < 4.78 is 58.5. The first kappa shape index (κ1) is 26.8. The van der Waals surface area contributed by atoms with Gasteiger partial charge in [0.25, 0.3) is 5.97 Å². The largest absolute Gasteiger partial charge is 0.481 e. The molecule has 0 atom stereocenters. The predicted molar refractivity (Wildman–Crippen MR) is 116 cm³/mol. The predicted octanol–water partition coefficient (Wildman–Crippen LogP) is 3.77. The van der Waals surface area contributed by atoms with Crippen LogP contribution in [0, 0.1) is 17.5 Å². The van der Waals surface area contributed by atoms with Crippen molar-refractivity contribution >= 4 is 27.9 Å². The van der Waals surface area contributed by atoms with E-state index >= 15 is 0 Å². The first-order valence-electron chi connectivity index (χ1n) is 9.47. The zero-order valence-electron chi connectivity index (χ0n) is 17.9. The molecule has 1 N–H and O–H groups in total. The average molecular weight is 546 g/mol. The number of carbonyl (C=O) groups is 2. The summed E-state index contributed by atoms with van der Waals surface area (Å²) in [6.45, 7) is 0.814. The van der Waals surface area contributed by atoms with Gasteiger partial charge < -0.3 is 19.3 Å². The minimum atomic E-state index is -0.924. The molecule has 1 aromatic heterocycles. The number of benzene rings is 2. The van der Waals surface area contributed by atoms with Crippen molar-refractivity contribution in [3.8, 4) is 23.1 Å². The van der Waals surface area contributed by atoms with E-state index in [1.807, 2.05) is 0 Å². The van der Waals surface area contributed by atoms with E-state index in [2.05, 4.69) is 26.0 Å². The van der Waals surface area contributed by atoms with Gasteiger partial charge in [0, 0.05) is 24.6 Å².